The fourth-order valence-electron chi connectivity index (χ4n) is 3.78. The van der Waals surface area contributed by atoms with Crippen LogP contribution in [0.4, 0.5) is 0 Å². The number of piperidine rings is 1. The Bertz CT molecular complexity index is 1290. The molecule has 1 saturated heterocycles. The minimum absolute atomic E-state index is 0.165. The zero-order valence-corrected chi connectivity index (χ0v) is 16.9. The Morgan fingerprint density at radius 3 is 2.70 bits per heavy atom. The van der Waals surface area contributed by atoms with Crippen LogP contribution in [0, 0.1) is 0 Å². The van der Waals surface area contributed by atoms with Crippen LogP contribution in [-0.4, -0.2) is 46.0 Å². The largest absolute Gasteiger partial charge is 0.419 e. The van der Waals surface area contributed by atoms with Crippen molar-refractivity contribution in [2.24, 2.45) is 0 Å². The number of hydrogen-bond donors (Lipinski definition) is 0. The number of hydrogen-bond acceptors (Lipinski definition) is 7. The summed E-state index contributed by atoms with van der Waals surface area (Å²) >= 11 is 0. The normalized spacial score (nSPS) is 17.9. The highest BCUT2D eigenvalue weighted by Crippen LogP contribution is 2.32. The maximum Gasteiger partial charge on any atom is 0.266 e. The second kappa shape index (κ2) is 7.58. The molecule has 0 aliphatic carbocycles. The Morgan fingerprint density at radius 1 is 0.967 bits per heavy atom. The van der Waals surface area contributed by atoms with Crippen molar-refractivity contribution in [1.82, 2.24) is 24.5 Å². The van der Waals surface area contributed by atoms with Crippen molar-refractivity contribution in [3.05, 3.63) is 66.8 Å². The summed E-state index contributed by atoms with van der Waals surface area (Å²) in [7, 11) is -3.71. The molecule has 8 nitrogen and oxygen atoms in total. The first-order chi connectivity index (χ1) is 14.6. The van der Waals surface area contributed by atoms with Crippen molar-refractivity contribution in [3.63, 3.8) is 0 Å². The molecule has 0 radical (unpaired) electrons. The van der Waals surface area contributed by atoms with Gasteiger partial charge in [0.1, 0.15) is 10.6 Å². The van der Waals surface area contributed by atoms with Crippen molar-refractivity contribution in [2.45, 2.75) is 23.7 Å². The fourth-order valence-corrected chi connectivity index (χ4v) is 5.47. The van der Waals surface area contributed by atoms with Crippen molar-refractivity contribution < 1.29 is 12.8 Å². The predicted molar refractivity (Wildman–Crippen MR) is 110 cm³/mol. The van der Waals surface area contributed by atoms with Crippen LogP contribution in [0.15, 0.2) is 70.2 Å². The first-order valence-electron chi connectivity index (χ1n) is 9.71. The van der Waals surface area contributed by atoms with E-state index < -0.39 is 10.0 Å². The molecular weight excluding hydrogens is 402 g/mol. The Kier molecular flexibility index (Phi) is 4.76. The third-order valence-corrected chi connectivity index (χ3v) is 7.17. The number of sulfonamides is 1. The Balaban J connectivity index is 1.43. The van der Waals surface area contributed by atoms with E-state index in [1.54, 1.807) is 36.7 Å². The molecule has 1 aromatic carbocycles. The third-order valence-electron chi connectivity index (χ3n) is 5.27. The second-order valence-corrected chi connectivity index (χ2v) is 9.10. The van der Waals surface area contributed by atoms with E-state index in [0.717, 1.165) is 11.8 Å². The Morgan fingerprint density at radius 2 is 1.83 bits per heavy atom. The average Bonchev–Trinajstić information content (AvgIpc) is 3.30. The van der Waals surface area contributed by atoms with E-state index in [1.165, 1.54) is 4.31 Å². The lowest BCUT2D eigenvalue weighted by Gasteiger charge is -2.30. The van der Waals surface area contributed by atoms with Crippen LogP contribution in [0.5, 0.6) is 0 Å². The molecular formula is C21H19N5O3S. The first kappa shape index (κ1) is 18.8. The molecule has 5 rings (SSSR count). The maximum atomic E-state index is 13.4. The van der Waals surface area contributed by atoms with Gasteiger partial charge in [0.2, 0.25) is 15.9 Å². The summed E-state index contributed by atoms with van der Waals surface area (Å²) in [5, 5.41) is 9.05. The standard InChI is InChI=1S/C21H19N5O3S/c27-30(28,18-10-3-6-15-7-4-12-23-19(15)18)26-13-5-8-16(14-26)20-24-25-21(29-20)17-9-1-2-11-22-17/h1-4,6-7,9-12,16H,5,8,13-14H2. The second-order valence-electron chi connectivity index (χ2n) is 7.19. The number of nitrogens with zero attached hydrogens (tertiary/aromatic N) is 5. The van der Waals surface area contributed by atoms with Gasteiger partial charge in [-0.05, 0) is 37.1 Å². The topological polar surface area (TPSA) is 102 Å². The zero-order chi connectivity index (χ0) is 20.6. The number of para-hydroxylation sites is 1. The van der Waals surface area contributed by atoms with Gasteiger partial charge >= 0.3 is 0 Å². The van der Waals surface area contributed by atoms with Gasteiger partial charge in [-0.15, -0.1) is 10.2 Å². The SMILES string of the molecule is O=S(=O)(c1cccc2cccnc12)N1CCCC(c2nnc(-c3ccccn3)o2)C1. The number of aromatic nitrogens is 4. The molecule has 152 valence electrons. The molecule has 1 aliphatic rings. The molecule has 9 heteroatoms. The molecule has 3 aromatic heterocycles. The van der Waals surface area contributed by atoms with Gasteiger partial charge in [-0.2, -0.15) is 4.31 Å². The van der Waals surface area contributed by atoms with Gasteiger partial charge in [-0.3, -0.25) is 9.97 Å². The van der Waals surface area contributed by atoms with Gasteiger partial charge in [-0.1, -0.05) is 24.3 Å². The van der Waals surface area contributed by atoms with Gasteiger partial charge in [0.15, 0.2) is 0 Å². The highest BCUT2D eigenvalue weighted by atomic mass is 32.2. The zero-order valence-electron chi connectivity index (χ0n) is 16.0. The first-order valence-corrected chi connectivity index (χ1v) is 11.2. The lowest BCUT2D eigenvalue weighted by atomic mass is 10.00. The fraction of sp³-hybridized carbons (Fsp3) is 0.238. The van der Waals surface area contributed by atoms with Gasteiger partial charge in [0.25, 0.3) is 5.89 Å². The summed E-state index contributed by atoms with van der Waals surface area (Å²) in [6.45, 7) is 0.735. The highest BCUT2D eigenvalue weighted by molar-refractivity contribution is 7.89. The third kappa shape index (κ3) is 3.35. The van der Waals surface area contributed by atoms with Crippen LogP contribution in [0.3, 0.4) is 0 Å². The van der Waals surface area contributed by atoms with Gasteiger partial charge < -0.3 is 4.42 Å². The van der Waals surface area contributed by atoms with Gasteiger partial charge in [-0.25, -0.2) is 8.42 Å². The monoisotopic (exact) mass is 421 g/mol. The van der Waals surface area contributed by atoms with Crippen molar-refractivity contribution >= 4 is 20.9 Å². The van der Waals surface area contributed by atoms with E-state index >= 15 is 0 Å². The van der Waals surface area contributed by atoms with Crippen molar-refractivity contribution in [3.8, 4) is 11.6 Å². The maximum absolute atomic E-state index is 13.4. The summed E-state index contributed by atoms with van der Waals surface area (Å²) in [5.74, 6) is 0.608. The number of fused-ring (bicyclic) bond motifs is 1. The quantitative estimate of drug-likeness (QED) is 0.498. The Labute approximate surface area is 173 Å². The molecule has 1 unspecified atom stereocenters. The molecule has 4 heterocycles. The van der Waals surface area contributed by atoms with Crippen molar-refractivity contribution in [1.29, 1.82) is 0 Å². The van der Waals surface area contributed by atoms with Crippen LogP contribution in [0.1, 0.15) is 24.7 Å². The van der Waals surface area contributed by atoms with E-state index in [9.17, 15) is 8.42 Å². The molecule has 1 aliphatic heterocycles. The van der Waals surface area contributed by atoms with Gasteiger partial charge in [0.05, 0.1) is 11.4 Å². The molecule has 0 amide bonds. The summed E-state index contributed by atoms with van der Waals surface area (Å²) in [5.41, 5.74) is 1.08. The van der Waals surface area contributed by atoms with Crippen LogP contribution in [0.2, 0.25) is 0 Å². The molecule has 0 bridgehead atoms. The Hall–Kier alpha value is -3.17. The predicted octanol–water partition coefficient (Wildman–Crippen LogP) is 3.25. The molecule has 4 aromatic rings. The van der Waals surface area contributed by atoms with Crippen LogP contribution < -0.4 is 0 Å². The van der Waals surface area contributed by atoms with Crippen LogP contribution in [-0.2, 0) is 10.0 Å². The molecule has 0 saturated carbocycles. The minimum Gasteiger partial charge on any atom is -0.419 e. The van der Waals surface area contributed by atoms with E-state index in [1.807, 2.05) is 24.3 Å². The van der Waals surface area contributed by atoms with E-state index in [0.29, 0.717) is 36.0 Å². The van der Waals surface area contributed by atoms with E-state index in [-0.39, 0.29) is 17.4 Å². The molecule has 1 atom stereocenters. The summed E-state index contributed by atoms with van der Waals surface area (Å²) in [4.78, 5) is 8.75. The summed E-state index contributed by atoms with van der Waals surface area (Å²) < 4.78 is 34.2. The van der Waals surface area contributed by atoms with Gasteiger partial charge in [0, 0.05) is 30.9 Å². The van der Waals surface area contributed by atoms with E-state index in [2.05, 4.69) is 20.2 Å². The smallest absolute Gasteiger partial charge is 0.266 e. The highest BCUT2D eigenvalue weighted by Gasteiger charge is 2.34. The van der Waals surface area contributed by atoms with Crippen LogP contribution in [0.25, 0.3) is 22.5 Å². The van der Waals surface area contributed by atoms with Crippen molar-refractivity contribution in [2.75, 3.05) is 13.1 Å². The summed E-state index contributed by atoms with van der Waals surface area (Å²) in [6, 6.07) is 14.3. The van der Waals surface area contributed by atoms with E-state index in [4.69, 9.17) is 4.42 Å². The summed E-state index contributed by atoms with van der Waals surface area (Å²) in [6.07, 6.45) is 4.76. The van der Waals surface area contributed by atoms with Crippen LogP contribution >= 0.6 is 0 Å². The number of benzene rings is 1. The lowest BCUT2D eigenvalue weighted by molar-refractivity contribution is 0.286. The number of rotatable bonds is 4. The molecule has 0 spiro atoms. The minimum atomic E-state index is -3.71. The average molecular weight is 421 g/mol. The number of pyridine rings is 2. The molecule has 1 fully saturated rings. The lowest BCUT2D eigenvalue weighted by Crippen LogP contribution is -2.39. The molecule has 30 heavy (non-hydrogen) atoms. The molecule has 0 N–H and O–H groups in total.